The number of nitrogens with one attached hydrogen (secondary N) is 1. The molecular weight excluding hydrogens is 334 g/mol. The zero-order valence-electron chi connectivity index (χ0n) is 14.6. The van der Waals surface area contributed by atoms with Crippen LogP contribution in [0.5, 0.6) is 0 Å². The summed E-state index contributed by atoms with van der Waals surface area (Å²) in [4.78, 5) is 12.8. The van der Waals surface area contributed by atoms with Crippen molar-refractivity contribution < 1.29 is 13.2 Å². The lowest BCUT2D eigenvalue weighted by molar-refractivity contribution is -0.117. The van der Waals surface area contributed by atoms with Crippen LogP contribution in [0.25, 0.3) is 0 Å². The Morgan fingerprint density at radius 1 is 1.04 bits per heavy atom. The average molecular weight is 362 g/mol. The fourth-order valence-corrected chi connectivity index (χ4v) is 6.23. The molecule has 4 nitrogen and oxygen atoms in total. The first-order valence-corrected chi connectivity index (χ1v) is 11.2. The number of benzene rings is 1. The van der Waals surface area contributed by atoms with Gasteiger partial charge in [-0.1, -0.05) is 18.9 Å². The molecule has 4 rings (SSSR count). The van der Waals surface area contributed by atoms with Gasteiger partial charge in [0.1, 0.15) is 0 Å². The van der Waals surface area contributed by atoms with Crippen molar-refractivity contribution in [3.05, 3.63) is 24.3 Å². The highest BCUT2D eigenvalue weighted by molar-refractivity contribution is 7.92. The van der Waals surface area contributed by atoms with E-state index in [1.807, 2.05) is 0 Å². The van der Waals surface area contributed by atoms with Crippen molar-refractivity contribution in [2.45, 2.75) is 67.9 Å². The van der Waals surface area contributed by atoms with Crippen LogP contribution in [0.2, 0.25) is 0 Å². The summed E-state index contributed by atoms with van der Waals surface area (Å²) in [5, 5.41) is 2.68. The van der Waals surface area contributed by atoms with E-state index in [-0.39, 0.29) is 11.2 Å². The van der Waals surface area contributed by atoms with E-state index in [1.54, 1.807) is 24.3 Å². The molecule has 1 aromatic rings. The molecular formula is C20H27NO3S. The van der Waals surface area contributed by atoms with E-state index in [0.717, 1.165) is 37.5 Å². The Balaban J connectivity index is 1.43. The number of sulfone groups is 1. The quantitative estimate of drug-likeness (QED) is 0.793. The Bertz CT molecular complexity index is 732. The highest BCUT2D eigenvalue weighted by atomic mass is 32.2. The molecule has 1 amide bonds. The van der Waals surface area contributed by atoms with E-state index in [1.165, 1.54) is 25.7 Å². The zero-order valence-corrected chi connectivity index (χ0v) is 15.4. The van der Waals surface area contributed by atoms with Gasteiger partial charge in [-0.15, -0.1) is 0 Å². The topological polar surface area (TPSA) is 63.2 Å². The van der Waals surface area contributed by atoms with E-state index < -0.39 is 9.84 Å². The third kappa shape index (κ3) is 3.91. The summed E-state index contributed by atoms with van der Waals surface area (Å²) in [7, 11) is -3.28. The number of rotatable bonds is 7. The molecule has 1 N–H and O–H groups in total. The second-order valence-electron chi connectivity index (χ2n) is 8.07. The van der Waals surface area contributed by atoms with Gasteiger partial charge in [0.05, 0.1) is 10.1 Å². The lowest BCUT2D eigenvalue weighted by Gasteiger charge is -2.16. The van der Waals surface area contributed by atoms with Crippen LogP contribution < -0.4 is 5.32 Å². The molecule has 136 valence electrons. The molecule has 0 bridgehead atoms. The predicted octanol–water partition coefficient (Wildman–Crippen LogP) is 4.17. The van der Waals surface area contributed by atoms with Crippen molar-refractivity contribution in [3.63, 3.8) is 0 Å². The van der Waals surface area contributed by atoms with Gasteiger partial charge in [0.2, 0.25) is 5.91 Å². The molecule has 3 saturated carbocycles. The summed E-state index contributed by atoms with van der Waals surface area (Å²) in [6, 6.07) is 6.81. The van der Waals surface area contributed by atoms with Crippen molar-refractivity contribution in [3.8, 4) is 0 Å². The normalized spacial score (nSPS) is 21.6. The summed E-state index contributed by atoms with van der Waals surface area (Å²) in [5.74, 6) is 2.05. The maximum atomic E-state index is 12.7. The maximum Gasteiger partial charge on any atom is 0.224 e. The molecule has 0 spiro atoms. The molecule has 0 heterocycles. The zero-order chi connectivity index (χ0) is 17.4. The van der Waals surface area contributed by atoms with Crippen molar-refractivity contribution in [2.24, 2.45) is 17.8 Å². The molecule has 1 aromatic carbocycles. The van der Waals surface area contributed by atoms with Gasteiger partial charge in [-0.2, -0.15) is 0 Å². The predicted molar refractivity (Wildman–Crippen MR) is 98.1 cm³/mol. The summed E-state index contributed by atoms with van der Waals surface area (Å²) >= 11 is 0. The lowest BCUT2D eigenvalue weighted by Crippen LogP contribution is -2.20. The van der Waals surface area contributed by atoms with Crippen LogP contribution in [0, 0.1) is 17.8 Å². The molecule has 3 aliphatic rings. The Labute approximate surface area is 150 Å². The van der Waals surface area contributed by atoms with Gasteiger partial charge in [-0.05, 0) is 74.5 Å². The van der Waals surface area contributed by atoms with Crippen LogP contribution in [-0.2, 0) is 14.6 Å². The second-order valence-corrected chi connectivity index (χ2v) is 10.3. The van der Waals surface area contributed by atoms with Gasteiger partial charge in [0.15, 0.2) is 9.84 Å². The SMILES string of the molecule is O=C(CC(C1CC1)C1CC1)Nc1cccc(S(=O)(=O)C2CCCC2)c1. The molecule has 3 fully saturated rings. The summed E-state index contributed by atoms with van der Waals surface area (Å²) in [6.45, 7) is 0. The first-order chi connectivity index (χ1) is 12.0. The number of carbonyl (C=O) groups is 1. The Kier molecular flexibility index (Phi) is 4.61. The minimum Gasteiger partial charge on any atom is -0.326 e. The molecule has 5 heteroatoms. The Morgan fingerprint density at radius 2 is 1.68 bits per heavy atom. The molecule has 0 aromatic heterocycles. The standard InChI is InChI=1S/C20H27NO3S/c22-20(13-19(14-8-9-14)15-10-11-15)21-16-4-3-7-18(12-16)25(23,24)17-5-1-2-6-17/h3-4,7,12,14-15,17,19H,1-2,5-6,8-11,13H2,(H,21,22). The molecule has 3 aliphatic carbocycles. The van der Waals surface area contributed by atoms with E-state index >= 15 is 0 Å². The fraction of sp³-hybridized carbons (Fsp3) is 0.650. The maximum absolute atomic E-state index is 12.7. The van der Waals surface area contributed by atoms with Gasteiger partial charge in [-0.25, -0.2) is 8.42 Å². The van der Waals surface area contributed by atoms with Gasteiger partial charge in [0.25, 0.3) is 0 Å². The van der Waals surface area contributed by atoms with Crippen LogP contribution in [0.4, 0.5) is 5.69 Å². The Morgan fingerprint density at radius 3 is 2.28 bits per heavy atom. The van der Waals surface area contributed by atoms with E-state index in [4.69, 9.17) is 0 Å². The fourth-order valence-electron chi connectivity index (χ4n) is 4.34. The molecule has 0 radical (unpaired) electrons. The van der Waals surface area contributed by atoms with Crippen molar-refractivity contribution in [1.82, 2.24) is 0 Å². The molecule has 0 aliphatic heterocycles. The number of anilines is 1. The van der Waals surface area contributed by atoms with E-state index in [2.05, 4.69) is 5.32 Å². The van der Waals surface area contributed by atoms with E-state index in [0.29, 0.717) is 22.9 Å². The van der Waals surface area contributed by atoms with Crippen LogP contribution >= 0.6 is 0 Å². The molecule has 0 saturated heterocycles. The second kappa shape index (κ2) is 6.75. The number of hydrogen-bond acceptors (Lipinski definition) is 3. The number of carbonyl (C=O) groups excluding carboxylic acids is 1. The van der Waals surface area contributed by atoms with Crippen LogP contribution in [-0.4, -0.2) is 19.6 Å². The summed E-state index contributed by atoms with van der Waals surface area (Å²) < 4.78 is 25.5. The lowest BCUT2D eigenvalue weighted by atomic mass is 9.94. The monoisotopic (exact) mass is 361 g/mol. The summed E-state index contributed by atoms with van der Waals surface area (Å²) in [5.41, 5.74) is 0.606. The minimum atomic E-state index is -3.28. The summed E-state index contributed by atoms with van der Waals surface area (Å²) in [6.07, 6.45) is 9.13. The third-order valence-electron chi connectivity index (χ3n) is 6.06. The molecule has 0 unspecified atom stereocenters. The van der Waals surface area contributed by atoms with Gasteiger partial charge in [-0.3, -0.25) is 4.79 Å². The van der Waals surface area contributed by atoms with Crippen LogP contribution in [0.3, 0.4) is 0 Å². The van der Waals surface area contributed by atoms with Gasteiger partial charge >= 0.3 is 0 Å². The first kappa shape index (κ1) is 17.1. The van der Waals surface area contributed by atoms with Crippen molar-refractivity contribution >= 4 is 21.4 Å². The number of hydrogen-bond donors (Lipinski definition) is 1. The number of amides is 1. The van der Waals surface area contributed by atoms with Crippen LogP contribution in [0.1, 0.15) is 57.8 Å². The smallest absolute Gasteiger partial charge is 0.224 e. The van der Waals surface area contributed by atoms with Crippen molar-refractivity contribution in [2.75, 3.05) is 5.32 Å². The van der Waals surface area contributed by atoms with Crippen molar-refractivity contribution in [1.29, 1.82) is 0 Å². The minimum absolute atomic E-state index is 0.0271. The largest absolute Gasteiger partial charge is 0.326 e. The third-order valence-corrected chi connectivity index (χ3v) is 8.32. The van der Waals surface area contributed by atoms with Gasteiger partial charge < -0.3 is 5.32 Å². The highest BCUT2D eigenvalue weighted by Crippen LogP contribution is 2.50. The molecule has 0 atom stereocenters. The molecule has 25 heavy (non-hydrogen) atoms. The van der Waals surface area contributed by atoms with Crippen LogP contribution in [0.15, 0.2) is 29.2 Å². The van der Waals surface area contributed by atoms with Gasteiger partial charge in [0, 0.05) is 12.1 Å². The first-order valence-electron chi connectivity index (χ1n) is 9.68. The Hall–Kier alpha value is -1.36. The average Bonchev–Trinajstić information content (AvgIpc) is 3.52. The van der Waals surface area contributed by atoms with E-state index in [9.17, 15) is 13.2 Å². The highest BCUT2D eigenvalue weighted by Gasteiger charge is 2.42.